The number of carbonyl (C=O) groups excluding carboxylic acids is 2. The second-order valence-corrected chi connectivity index (χ2v) is 7.26. The standard InChI is InChI=1S/C21H22ClNO4/c1-14-6-3-7-16(12-14)27-11-5-10-23-19-17(8-4-9-18(19)22)21(26,20(23)25)13-15(2)24/h3-4,6-9,12,26H,5,10-11,13H2,1-2H3. The molecule has 1 heterocycles. The number of anilines is 1. The van der Waals surface area contributed by atoms with E-state index in [9.17, 15) is 14.7 Å². The Bertz CT molecular complexity index is 882. The van der Waals surface area contributed by atoms with Gasteiger partial charge < -0.3 is 14.7 Å². The van der Waals surface area contributed by atoms with Gasteiger partial charge in [0.2, 0.25) is 0 Å². The molecule has 0 bridgehead atoms. The van der Waals surface area contributed by atoms with E-state index in [4.69, 9.17) is 16.3 Å². The van der Waals surface area contributed by atoms with Crippen molar-refractivity contribution in [1.82, 2.24) is 0 Å². The maximum absolute atomic E-state index is 12.9. The first kappa shape index (κ1) is 19.4. The van der Waals surface area contributed by atoms with Crippen molar-refractivity contribution in [3.63, 3.8) is 0 Å². The molecule has 0 spiro atoms. The van der Waals surface area contributed by atoms with E-state index in [2.05, 4.69) is 0 Å². The van der Waals surface area contributed by atoms with Gasteiger partial charge in [0.05, 0.1) is 17.3 Å². The molecule has 6 heteroatoms. The molecular formula is C21H22ClNO4. The van der Waals surface area contributed by atoms with E-state index in [-0.39, 0.29) is 12.2 Å². The van der Waals surface area contributed by atoms with Crippen molar-refractivity contribution < 1.29 is 19.4 Å². The number of aliphatic hydroxyl groups is 1. The molecule has 1 aliphatic heterocycles. The van der Waals surface area contributed by atoms with Crippen LogP contribution >= 0.6 is 11.6 Å². The monoisotopic (exact) mass is 387 g/mol. The number of para-hydroxylation sites is 1. The first-order chi connectivity index (χ1) is 12.8. The minimum atomic E-state index is -1.86. The molecule has 1 amide bonds. The number of rotatable bonds is 7. The fourth-order valence-corrected chi connectivity index (χ4v) is 3.70. The highest BCUT2D eigenvalue weighted by Crippen LogP contribution is 2.46. The van der Waals surface area contributed by atoms with Crippen molar-refractivity contribution in [3.05, 3.63) is 58.6 Å². The van der Waals surface area contributed by atoms with Crippen molar-refractivity contribution >= 4 is 29.0 Å². The maximum atomic E-state index is 12.9. The second kappa shape index (κ2) is 7.71. The molecule has 0 fully saturated rings. The molecule has 0 aliphatic carbocycles. The van der Waals surface area contributed by atoms with Crippen LogP contribution in [0.5, 0.6) is 5.75 Å². The van der Waals surface area contributed by atoms with Gasteiger partial charge in [0.25, 0.3) is 5.91 Å². The Kier molecular flexibility index (Phi) is 5.53. The smallest absolute Gasteiger partial charge is 0.264 e. The van der Waals surface area contributed by atoms with Gasteiger partial charge >= 0.3 is 0 Å². The van der Waals surface area contributed by atoms with E-state index < -0.39 is 11.5 Å². The van der Waals surface area contributed by atoms with Gasteiger partial charge in [-0.3, -0.25) is 9.59 Å². The average Bonchev–Trinajstić information content (AvgIpc) is 2.81. The maximum Gasteiger partial charge on any atom is 0.264 e. The SMILES string of the molecule is CC(=O)CC1(O)C(=O)N(CCCOc2cccc(C)c2)c2c(Cl)cccc21. The fourth-order valence-electron chi connectivity index (χ4n) is 3.43. The minimum Gasteiger partial charge on any atom is -0.494 e. The van der Waals surface area contributed by atoms with Crippen molar-refractivity contribution in [3.8, 4) is 5.75 Å². The summed E-state index contributed by atoms with van der Waals surface area (Å²) >= 11 is 6.30. The molecule has 1 aliphatic rings. The van der Waals surface area contributed by atoms with E-state index in [1.54, 1.807) is 18.2 Å². The molecule has 0 saturated carbocycles. The highest BCUT2D eigenvalue weighted by molar-refractivity contribution is 6.35. The van der Waals surface area contributed by atoms with Crippen molar-refractivity contribution in [2.75, 3.05) is 18.1 Å². The number of benzene rings is 2. The number of carbonyl (C=O) groups is 2. The molecule has 1 atom stereocenters. The Morgan fingerprint density at radius 3 is 2.70 bits per heavy atom. The molecule has 2 aromatic carbocycles. The van der Waals surface area contributed by atoms with Gasteiger partial charge in [-0.1, -0.05) is 35.9 Å². The van der Waals surface area contributed by atoms with Crippen molar-refractivity contribution in [2.45, 2.75) is 32.3 Å². The molecule has 2 aromatic rings. The predicted molar refractivity (Wildman–Crippen MR) is 104 cm³/mol. The molecule has 142 valence electrons. The highest BCUT2D eigenvalue weighted by atomic mass is 35.5. The number of amides is 1. The minimum absolute atomic E-state index is 0.263. The topological polar surface area (TPSA) is 66.8 Å². The quantitative estimate of drug-likeness (QED) is 0.737. The Labute approximate surface area is 163 Å². The summed E-state index contributed by atoms with van der Waals surface area (Å²) in [5.74, 6) is -0.00738. The Morgan fingerprint density at radius 1 is 1.26 bits per heavy atom. The van der Waals surface area contributed by atoms with E-state index in [0.717, 1.165) is 11.3 Å². The van der Waals surface area contributed by atoms with Crippen LogP contribution < -0.4 is 9.64 Å². The molecule has 5 nitrogen and oxygen atoms in total. The van der Waals surface area contributed by atoms with Crippen LogP contribution in [0.2, 0.25) is 5.02 Å². The van der Waals surface area contributed by atoms with Crippen molar-refractivity contribution in [2.24, 2.45) is 0 Å². The summed E-state index contributed by atoms with van der Waals surface area (Å²) < 4.78 is 5.73. The van der Waals surface area contributed by atoms with Crippen LogP contribution in [0.3, 0.4) is 0 Å². The lowest BCUT2D eigenvalue weighted by Crippen LogP contribution is -2.42. The summed E-state index contributed by atoms with van der Waals surface area (Å²) in [5.41, 5.74) is 0.110. The Hall–Kier alpha value is -2.37. The molecule has 3 rings (SSSR count). The Balaban J connectivity index is 1.74. The van der Waals surface area contributed by atoms with Gasteiger partial charge in [0.15, 0.2) is 5.60 Å². The van der Waals surface area contributed by atoms with Crippen LogP contribution in [0, 0.1) is 6.92 Å². The molecule has 0 aromatic heterocycles. The van der Waals surface area contributed by atoms with E-state index in [1.165, 1.54) is 11.8 Å². The van der Waals surface area contributed by atoms with Gasteiger partial charge in [-0.2, -0.15) is 0 Å². The predicted octanol–water partition coefficient (Wildman–Crippen LogP) is 3.63. The summed E-state index contributed by atoms with van der Waals surface area (Å²) in [5, 5.41) is 11.3. The van der Waals surface area contributed by atoms with Gasteiger partial charge in [-0.05, 0) is 44.0 Å². The number of aryl methyl sites for hydroxylation is 1. The van der Waals surface area contributed by atoms with Crippen LogP contribution in [0.4, 0.5) is 5.69 Å². The van der Waals surface area contributed by atoms with Crippen LogP contribution in [0.25, 0.3) is 0 Å². The van der Waals surface area contributed by atoms with Crippen LogP contribution in [-0.2, 0) is 15.2 Å². The lowest BCUT2D eigenvalue weighted by atomic mass is 9.90. The molecular weight excluding hydrogens is 366 g/mol. The Morgan fingerprint density at radius 2 is 2.00 bits per heavy atom. The molecule has 1 unspecified atom stereocenters. The third kappa shape index (κ3) is 3.84. The van der Waals surface area contributed by atoms with Gasteiger partial charge in [-0.15, -0.1) is 0 Å². The summed E-state index contributed by atoms with van der Waals surface area (Å²) in [6.45, 7) is 4.10. The lowest BCUT2D eigenvalue weighted by molar-refractivity contribution is -0.141. The third-order valence-electron chi connectivity index (χ3n) is 4.59. The summed E-state index contributed by atoms with van der Waals surface area (Å²) in [6, 6.07) is 12.7. The fraction of sp³-hybridized carbons (Fsp3) is 0.333. The van der Waals surface area contributed by atoms with Gasteiger partial charge in [0, 0.05) is 18.5 Å². The number of hydrogen-bond donors (Lipinski definition) is 1. The summed E-state index contributed by atoms with van der Waals surface area (Å²) in [6.07, 6.45) is 0.288. The first-order valence-corrected chi connectivity index (χ1v) is 9.23. The number of ether oxygens (including phenoxy) is 1. The molecule has 0 saturated heterocycles. The van der Waals surface area contributed by atoms with E-state index >= 15 is 0 Å². The second-order valence-electron chi connectivity index (χ2n) is 6.85. The normalized spacial score (nSPS) is 18.5. The number of hydrogen-bond acceptors (Lipinski definition) is 4. The molecule has 0 radical (unpaired) electrons. The molecule has 27 heavy (non-hydrogen) atoms. The van der Waals surface area contributed by atoms with Crippen molar-refractivity contribution in [1.29, 1.82) is 0 Å². The average molecular weight is 388 g/mol. The van der Waals surface area contributed by atoms with Crippen LogP contribution in [0.15, 0.2) is 42.5 Å². The zero-order chi connectivity index (χ0) is 19.6. The zero-order valence-corrected chi connectivity index (χ0v) is 16.1. The summed E-state index contributed by atoms with van der Waals surface area (Å²) in [4.78, 5) is 26.0. The van der Waals surface area contributed by atoms with Gasteiger partial charge in [-0.25, -0.2) is 0 Å². The number of nitrogens with zero attached hydrogens (tertiary/aromatic N) is 1. The van der Waals surface area contributed by atoms with E-state index in [1.807, 2.05) is 31.2 Å². The largest absolute Gasteiger partial charge is 0.494 e. The first-order valence-electron chi connectivity index (χ1n) is 8.85. The zero-order valence-electron chi connectivity index (χ0n) is 15.4. The van der Waals surface area contributed by atoms with E-state index in [0.29, 0.717) is 35.8 Å². The number of Topliss-reactive ketones (excluding diaryl/α,β-unsaturated/α-hetero) is 1. The lowest BCUT2D eigenvalue weighted by Gasteiger charge is -2.22. The number of fused-ring (bicyclic) bond motifs is 1. The number of ketones is 1. The van der Waals surface area contributed by atoms with Crippen LogP contribution in [0.1, 0.15) is 30.9 Å². The van der Waals surface area contributed by atoms with Crippen LogP contribution in [-0.4, -0.2) is 29.9 Å². The summed E-state index contributed by atoms with van der Waals surface area (Å²) in [7, 11) is 0. The van der Waals surface area contributed by atoms with Gasteiger partial charge in [0.1, 0.15) is 11.5 Å². The number of halogens is 1. The highest BCUT2D eigenvalue weighted by Gasteiger charge is 2.50. The molecule has 1 N–H and O–H groups in total. The third-order valence-corrected chi connectivity index (χ3v) is 4.90.